The summed E-state index contributed by atoms with van der Waals surface area (Å²) in [6.07, 6.45) is -0.0545. The largest absolute Gasteiger partial charge is 0.461 e. The van der Waals surface area contributed by atoms with E-state index in [9.17, 15) is 9.59 Å². The fourth-order valence-electron chi connectivity index (χ4n) is 0.751. The molecule has 0 aliphatic carbocycles. The normalized spacial score (nSPS) is 13.1. The first-order chi connectivity index (χ1) is 6.77. The van der Waals surface area contributed by atoms with E-state index < -0.39 is 5.41 Å². The van der Waals surface area contributed by atoms with Gasteiger partial charge in [-0.25, -0.2) is 0 Å². The molecule has 0 amide bonds. The maximum atomic E-state index is 11.4. The molecule has 4 heteroatoms. The second kappa shape index (κ2) is 5.73. The second-order valence-corrected chi connectivity index (χ2v) is 4.50. The van der Waals surface area contributed by atoms with Crippen molar-refractivity contribution >= 4 is 11.9 Å². The highest BCUT2D eigenvalue weighted by molar-refractivity contribution is 5.75. The summed E-state index contributed by atoms with van der Waals surface area (Å²) in [6, 6.07) is 0. The molecule has 1 atom stereocenters. The number of carbonyl (C=O) groups excluding carboxylic acids is 2. The fraction of sp³-hybridized carbons (Fsp3) is 0.818. The molecule has 0 aromatic heterocycles. The summed E-state index contributed by atoms with van der Waals surface area (Å²) in [5.74, 6) is -0.573. The van der Waals surface area contributed by atoms with Crippen LogP contribution in [0.3, 0.4) is 0 Å². The van der Waals surface area contributed by atoms with Crippen LogP contribution >= 0.6 is 0 Å². The summed E-state index contributed by atoms with van der Waals surface area (Å²) < 4.78 is 9.94. The summed E-state index contributed by atoms with van der Waals surface area (Å²) in [5, 5.41) is 0. The summed E-state index contributed by atoms with van der Waals surface area (Å²) in [6.45, 7) is 8.86. The first kappa shape index (κ1) is 13.9. The Balaban J connectivity index is 3.86. The highest BCUT2D eigenvalue weighted by atomic mass is 16.6. The number of hydrogen-bond donors (Lipinski definition) is 0. The molecule has 0 saturated heterocycles. The van der Waals surface area contributed by atoms with Crippen LogP contribution in [0.2, 0.25) is 0 Å². The first-order valence-electron chi connectivity index (χ1n) is 5.14. The lowest BCUT2D eigenvalue weighted by Gasteiger charge is -2.19. The maximum Gasteiger partial charge on any atom is 0.311 e. The van der Waals surface area contributed by atoms with E-state index in [2.05, 4.69) is 0 Å². The molecule has 88 valence electrons. The Kier molecular flexibility index (Phi) is 5.33. The molecule has 0 aromatic rings. The number of hydrogen-bond acceptors (Lipinski definition) is 4. The third kappa shape index (κ3) is 6.10. The average Bonchev–Trinajstić information content (AvgIpc) is 2.12. The number of carbonyl (C=O) groups is 2. The molecular formula is C11H20O4. The standard InChI is InChI=1S/C11H20O4/c1-6-9(12)15-8(2)7-14-10(13)11(3,4)5/h8H,6-7H2,1-5H3. The van der Waals surface area contributed by atoms with Gasteiger partial charge in [-0.2, -0.15) is 0 Å². The Morgan fingerprint density at radius 1 is 1.27 bits per heavy atom. The van der Waals surface area contributed by atoms with Gasteiger partial charge in [0.2, 0.25) is 0 Å². The van der Waals surface area contributed by atoms with Crippen LogP contribution in [0.15, 0.2) is 0 Å². The van der Waals surface area contributed by atoms with E-state index in [-0.39, 0.29) is 24.6 Å². The van der Waals surface area contributed by atoms with Crippen molar-refractivity contribution in [3.63, 3.8) is 0 Å². The van der Waals surface area contributed by atoms with Crippen molar-refractivity contribution in [2.24, 2.45) is 5.41 Å². The summed E-state index contributed by atoms with van der Waals surface area (Å²) in [4.78, 5) is 22.3. The molecule has 0 aromatic carbocycles. The van der Waals surface area contributed by atoms with Gasteiger partial charge in [0.25, 0.3) is 0 Å². The predicted molar refractivity (Wildman–Crippen MR) is 56.3 cm³/mol. The van der Waals surface area contributed by atoms with Crippen LogP contribution < -0.4 is 0 Å². The van der Waals surface area contributed by atoms with Crippen molar-refractivity contribution < 1.29 is 19.1 Å². The van der Waals surface area contributed by atoms with Gasteiger partial charge in [0.1, 0.15) is 12.7 Å². The van der Waals surface area contributed by atoms with Gasteiger partial charge in [-0.05, 0) is 27.7 Å². The predicted octanol–water partition coefficient (Wildman–Crippen LogP) is 1.92. The number of ether oxygens (including phenoxy) is 2. The molecule has 15 heavy (non-hydrogen) atoms. The van der Waals surface area contributed by atoms with E-state index in [0.717, 1.165) is 0 Å². The van der Waals surface area contributed by atoms with E-state index in [1.807, 2.05) is 0 Å². The third-order valence-corrected chi connectivity index (χ3v) is 1.68. The first-order valence-corrected chi connectivity index (χ1v) is 5.14. The highest BCUT2D eigenvalue weighted by Gasteiger charge is 2.23. The smallest absolute Gasteiger partial charge is 0.311 e. The molecule has 0 heterocycles. The van der Waals surface area contributed by atoms with Crippen LogP contribution in [0.4, 0.5) is 0 Å². The molecule has 4 nitrogen and oxygen atoms in total. The maximum absolute atomic E-state index is 11.4. The SMILES string of the molecule is CCC(=O)OC(C)COC(=O)C(C)(C)C. The van der Waals surface area contributed by atoms with E-state index in [1.54, 1.807) is 34.6 Å². The van der Waals surface area contributed by atoms with Gasteiger partial charge >= 0.3 is 11.9 Å². The summed E-state index contributed by atoms with van der Waals surface area (Å²) in [5.41, 5.74) is -0.519. The summed E-state index contributed by atoms with van der Waals surface area (Å²) in [7, 11) is 0. The van der Waals surface area contributed by atoms with E-state index in [1.165, 1.54) is 0 Å². The molecule has 0 spiro atoms. The van der Waals surface area contributed by atoms with Crippen LogP contribution in [0, 0.1) is 5.41 Å². The Labute approximate surface area is 90.9 Å². The molecule has 0 aliphatic rings. The minimum atomic E-state index is -0.519. The van der Waals surface area contributed by atoms with Gasteiger partial charge in [-0.3, -0.25) is 9.59 Å². The molecule has 0 fully saturated rings. The molecule has 0 radical (unpaired) electrons. The Hall–Kier alpha value is -1.06. The second-order valence-electron chi connectivity index (χ2n) is 4.50. The van der Waals surface area contributed by atoms with Crippen LogP contribution in [0.1, 0.15) is 41.0 Å². The van der Waals surface area contributed by atoms with E-state index >= 15 is 0 Å². The average molecular weight is 216 g/mol. The van der Waals surface area contributed by atoms with Crippen LogP contribution in [0.5, 0.6) is 0 Å². The van der Waals surface area contributed by atoms with Crippen molar-refractivity contribution in [3.8, 4) is 0 Å². The van der Waals surface area contributed by atoms with Gasteiger partial charge in [-0.1, -0.05) is 6.92 Å². The molecule has 0 N–H and O–H groups in total. The molecule has 1 unspecified atom stereocenters. The van der Waals surface area contributed by atoms with Gasteiger partial charge in [0.05, 0.1) is 5.41 Å². The van der Waals surface area contributed by atoms with Gasteiger partial charge in [-0.15, -0.1) is 0 Å². The number of esters is 2. The Bertz CT molecular complexity index is 227. The zero-order valence-electron chi connectivity index (χ0n) is 10.1. The van der Waals surface area contributed by atoms with Gasteiger partial charge < -0.3 is 9.47 Å². The lowest BCUT2D eigenvalue weighted by Crippen LogP contribution is -2.28. The fourth-order valence-corrected chi connectivity index (χ4v) is 0.751. The minimum Gasteiger partial charge on any atom is -0.461 e. The monoisotopic (exact) mass is 216 g/mol. The molecule has 0 aliphatic heterocycles. The minimum absolute atomic E-state index is 0.113. The van der Waals surface area contributed by atoms with Crippen LogP contribution in [-0.4, -0.2) is 24.6 Å². The van der Waals surface area contributed by atoms with Gasteiger partial charge in [0.15, 0.2) is 0 Å². The van der Waals surface area contributed by atoms with Crippen molar-refractivity contribution in [1.29, 1.82) is 0 Å². The van der Waals surface area contributed by atoms with Crippen molar-refractivity contribution in [2.45, 2.75) is 47.1 Å². The van der Waals surface area contributed by atoms with E-state index in [0.29, 0.717) is 6.42 Å². The Morgan fingerprint density at radius 2 is 1.80 bits per heavy atom. The van der Waals surface area contributed by atoms with Crippen molar-refractivity contribution in [1.82, 2.24) is 0 Å². The molecule has 0 rings (SSSR count). The van der Waals surface area contributed by atoms with Crippen molar-refractivity contribution in [3.05, 3.63) is 0 Å². The zero-order chi connectivity index (χ0) is 12.1. The lowest BCUT2D eigenvalue weighted by atomic mass is 9.97. The zero-order valence-corrected chi connectivity index (χ0v) is 10.1. The van der Waals surface area contributed by atoms with Gasteiger partial charge in [0, 0.05) is 6.42 Å². The van der Waals surface area contributed by atoms with E-state index in [4.69, 9.17) is 9.47 Å². The lowest BCUT2D eigenvalue weighted by molar-refractivity contribution is -0.162. The highest BCUT2D eigenvalue weighted by Crippen LogP contribution is 2.15. The third-order valence-electron chi connectivity index (χ3n) is 1.68. The van der Waals surface area contributed by atoms with Crippen LogP contribution in [-0.2, 0) is 19.1 Å². The quantitative estimate of drug-likeness (QED) is 0.674. The molecular weight excluding hydrogens is 196 g/mol. The number of rotatable bonds is 4. The summed E-state index contributed by atoms with van der Waals surface area (Å²) >= 11 is 0. The van der Waals surface area contributed by atoms with Crippen molar-refractivity contribution in [2.75, 3.05) is 6.61 Å². The molecule has 0 saturated carbocycles. The Morgan fingerprint density at radius 3 is 2.20 bits per heavy atom. The van der Waals surface area contributed by atoms with Crippen LogP contribution in [0.25, 0.3) is 0 Å². The topological polar surface area (TPSA) is 52.6 Å². The molecule has 0 bridgehead atoms.